The van der Waals surface area contributed by atoms with Crippen LogP contribution in [0.2, 0.25) is 0 Å². The molecular weight excluding hydrogens is 270 g/mol. The van der Waals surface area contributed by atoms with E-state index in [1.807, 2.05) is 6.07 Å². The maximum absolute atomic E-state index is 5.83. The Morgan fingerprint density at radius 1 is 1.40 bits per heavy atom. The van der Waals surface area contributed by atoms with E-state index < -0.39 is 0 Å². The molecule has 0 atom stereocenters. The molecule has 0 bridgehead atoms. The molecule has 3 N–H and O–H groups in total. The van der Waals surface area contributed by atoms with Crippen LogP contribution in [0.25, 0.3) is 0 Å². The first-order valence-corrected chi connectivity index (χ1v) is 7.22. The average Bonchev–Trinajstić information content (AvgIpc) is 2.97. The first-order valence-electron chi connectivity index (χ1n) is 6.81. The Bertz CT molecular complexity index is 622. The van der Waals surface area contributed by atoms with Crippen LogP contribution in [0.3, 0.4) is 0 Å². The number of nitrogens with zero attached hydrogens (tertiary/aromatic N) is 1. The number of nitrogens with one attached hydrogen (secondary N) is 1. The van der Waals surface area contributed by atoms with E-state index in [4.69, 9.17) is 27.4 Å². The lowest BCUT2D eigenvalue weighted by Crippen LogP contribution is -2.17. The predicted molar refractivity (Wildman–Crippen MR) is 82.8 cm³/mol. The number of aromatic nitrogens is 1. The summed E-state index contributed by atoms with van der Waals surface area (Å²) in [6, 6.07) is 4.02. The minimum atomic E-state index is 0.389. The molecule has 0 fully saturated rings. The Morgan fingerprint density at radius 3 is 3.00 bits per heavy atom. The second-order valence-electron chi connectivity index (χ2n) is 5.05. The maximum atomic E-state index is 5.83. The van der Waals surface area contributed by atoms with Crippen molar-refractivity contribution in [1.29, 1.82) is 0 Å². The van der Waals surface area contributed by atoms with Crippen molar-refractivity contribution in [3.8, 4) is 0 Å². The van der Waals surface area contributed by atoms with Crippen molar-refractivity contribution < 1.29 is 4.42 Å². The normalized spacial score (nSPS) is 13.8. The summed E-state index contributed by atoms with van der Waals surface area (Å²) in [6.45, 7) is 0.651. The molecule has 0 saturated carbocycles. The lowest BCUT2D eigenvalue weighted by molar-refractivity contribution is 0.564. The van der Waals surface area contributed by atoms with Gasteiger partial charge in [0.1, 0.15) is 10.8 Å². The minimum Gasteiger partial charge on any atom is -0.472 e. The van der Waals surface area contributed by atoms with Gasteiger partial charge in [-0.25, -0.2) is 4.98 Å². The van der Waals surface area contributed by atoms with Crippen LogP contribution in [0.1, 0.15) is 35.2 Å². The lowest BCUT2D eigenvalue weighted by atomic mass is 9.94. The van der Waals surface area contributed by atoms with Crippen molar-refractivity contribution in [2.45, 2.75) is 32.2 Å². The van der Waals surface area contributed by atoms with E-state index in [2.05, 4.69) is 11.4 Å². The number of hydrogen-bond acceptors (Lipinski definition) is 4. The summed E-state index contributed by atoms with van der Waals surface area (Å²) in [6.07, 6.45) is 7.89. The Kier molecular flexibility index (Phi) is 3.69. The summed E-state index contributed by atoms with van der Waals surface area (Å²) >= 11 is 5.15. The van der Waals surface area contributed by atoms with Crippen molar-refractivity contribution in [3.05, 3.63) is 47.0 Å². The summed E-state index contributed by atoms with van der Waals surface area (Å²) < 4.78 is 5.06. The van der Waals surface area contributed by atoms with Crippen LogP contribution in [0.4, 0.5) is 5.82 Å². The molecule has 0 saturated heterocycles. The highest BCUT2D eigenvalue weighted by molar-refractivity contribution is 7.80. The summed E-state index contributed by atoms with van der Waals surface area (Å²) in [5.41, 5.74) is 10.2. The van der Waals surface area contributed by atoms with Gasteiger partial charge in [0.05, 0.1) is 18.1 Å². The third-order valence-corrected chi connectivity index (χ3v) is 3.83. The van der Waals surface area contributed by atoms with Gasteiger partial charge in [0.2, 0.25) is 0 Å². The second kappa shape index (κ2) is 5.63. The molecule has 0 radical (unpaired) electrons. The molecule has 4 nitrogen and oxygen atoms in total. The molecule has 2 aromatic heterocycles. The summed E-state index contributed by atoms with van der Waals surface area (Å²) in [5, 5.41) is 3.31. The van der Waals surface area contributed by atoms with Gasteiger partial charge in [-0.3, -0.25) is 0 Å². The molecule has 0 spiro atoms. The number of pyridine rings is 1. The van der Waals surface area contributed by atoms with Crippen LogP contribution in [0.15, 0.2) is 29.1 Å². The van der Waals surface area contributed by atoms with Crippen molar-refractivity contribution in [2.24, 2.45) is 5.73 Å². The van der Waals surface area contributed by atoms with Crippen LogP contribution in [0, 0.1) is 0 Å². The molecular formula is C15H17N3OS. The molecule has 104 valence electrons. The van der Waals surface area contributed by atoms with Crippen LogP contribution >= 0.6 is 12.2 Å². The standard InChI is InChI=1S/C15H17N3OS/c16-14(20)12-7-11-3-1-2-4-13(11)18-15(12)17-8-10-5-6-19-9-10/h5-7,9H,1-4,8H2,(H2,16,20)(H,17,18). The van der Waals surface area contributed by atoms with E-state index in [0.29, 0.717) is 11.5 Å². The Balaban J connectivity index is 1.89. The van der Waals surface area contributed by atoms with Gasteiger partial charge in [-0.2, -0.15) is 0 Å². The molecule has 0 aliphatic heterocycles. The first kappa shape index (κ1) is 13.1. The van der Waals surface area contributed by atoms with Crippen molar-refractivity contribution in [2.75, 3.05) is 5.32 Å². The number of furan rings is 1. The van der Waals surface area contributed by atoms with Gasteiger partial charge >= 0.3 is 0 Å². The highest BCUT2D eigenvalue weighted by Gasteiger charge is 2.16. The molecule has 0 amide bonds. The number of thiocarbonyl (C=S) groups is 1. The SMILES string of the molecule is NC(=S)c1cc2c(nc1NCc1ccoc1)CCCC2. The van der Waals surface area contributed by atoms with Gasteiger partial charge in [0.15, 0.2) is 0 Å². The van der Waals surface area contributed by atoms with Crippen molar-refractivity contribution >= 4 is 23.0 Å². The quantitative estimate of drug-likeness (QED) is 0.847. The van der Waals surface area contributed by atoms with Crippen LogP contribution < -0.4 is 11.1 Å². The zero-order valence-electron chi connectivity index (χ0n) is 11.2. The smallest absolute Gasteiger partial charge is 0.136 e. The Labute approximate surface area is 123 Å². The number of fused-ring (bicyclic) bond motifs is 1. The van der Waals surface area contributed by atoms with Gasteiger partial charge < -0.3 is 15.5 Å². The molecule has 5 heteroatoms. The monoisotopic (exact) mass is 287 g/mol. The molecule has 0 unspecified atom stereocenters. The summed E-state index contributed by atoms with van der Waals surface area (Å²) in [5.74, 6) is 0.777. The first-order chi connectivity index (χ1) is 9.74. The van der Waals surface area contributed by atoms with E-state index >= 15 is 0 Å². The molecule has 1 aliphatic rings. The number of nitrogens with two attached hydrogens (primary N) is 1. The van der Waals surface area contributed by atoms with Gasteiger partial charge in [-0.1, -0.05) is 12.2 Å². The third kappa shape index (κ3) is 2.67. The maximum Gasteiger partial charge on any atom is 0.136 e. The van der Waals surface area contributed by atoms with Gasteiger partial charge in [0, 0.05) is 17.8 Å². The van der Waals surface area contributed by atoms with Crippen molar-refractivity contribution in [1.82, 2.24) is 4.98 Å². The number of anilines is 1. The number of hydrogen-bond donors (Lipinski definition) is 2. The van der Waals surface area contributed by atoms with Crippen LogP contribution in [-0.4, -0.2) is 9.97 Å². The molecule has 2 heterocycles. The van der Waals surface area contributed by atoms with E-state index in [0.717, 1.165) is 29.8 Å². The Hall–Kier alpha value is -1.88. The Morgan fingerprint density at radius 2 is 2.25 bits per heavy atom. The lowest BCUT2D eigenvalue weighted by Gasteiger charge is -2.19. The minimum absolute atomic E-state index is 0.389. The molecule has 1 aliphatic carbocycles. The zero-order valence-corrected chi connectivity index (χ0v) is 12.0. The average molecular weight is 287 g/mol. The van der Waals surface area contributed by atoms with E-state index in [1.165, 1.54) is 24.1 Å². The largest absolute Gasteiger partial charge is 0.472 e. The summed E-state index contributed by atoms with van der Waals surface area (Å²) in [7, 11) is 0. The van der Waals surface area contributed by atoms with E-state index in [-0.39, 0.29) is 0 Å². The molecule has 3 rings (SSSR count). The third-order valence-electron chi connectivity index (χ3n) is 3.61. The fourth-order valence-electron chi connectivity index (χ4n) is 2.54. The fourth-order valence-corrected chi connectivity index (χ4v) is 2.69. The summed E-state index contributed by atoms with van der Waals surface area (Å²) in [4.78, 5) is 5.11. The van der Waals surface area contributed by atoms with Crippen LogP contribution in [-0.2, 0) is 19.4 Å². The second-order valence-corrected chi connectivity index (χ2v) is 5.49. The van der Waals surface area contributed by atoms with Crippen LogP contribution in [0.5, 0.6) is 0 Å². The predicted octanol–water partition coefficient (Wildman–Crippen LogP) is 2.80. The van der Waals surface area contributed by atoms with Gasteiger partial charge in [-0.15, -0.1) is 0 Å². The topological polar surface area (TPSA) is 64.1 Å². The van der Waals surface area contributed by atoms with E-state index in [1.54, 1.807) is 12.5 Å². The fraction of sp³-hybridized carbons (Fsp3) is 0.333. The van der Waals surface area contributed by atoms with Gasteiger partial charge in [0.25, 0.3) is 0 Å². The molecule has 0 aromatic carbocycles. The zero-order chi connectivity index (χ0) is 13.9. The van der Waals surface area contributed by atoms with Crippen molar-refractivity contribution in [3.63, 3.8) is 0 Å². The highest BCUT2D eigenvalue weighted by atomic mass is 32.1. The molecule has 2 aromatic rings. The van der Waals surface area contributed by atoms with E-state index in [9.17, 15) is 0 Å². The molecule has 20 heavy (non-hydrogen) atoms. The van der Waals surface area contributed by atoms with Gasteiger partial charge in [-0.05, 0) is 43.4 Å². The highest BCUT2D eigenvalue weighted by Crippen LogP contribution is 2.25. The number of aryl methyl sites for hydroxylation is 2. The number of rotatable bonds is 4.